The first-order chi connectivity index (χ1) is 7.15. The van der Waals surface area contributed by atoms with Crippen LogP contribution >= 0.6 is 0 Å². The third-order valence-corrected chi connectivity index (χ3v) is 3.78. The average Bonchev–Trinajstić information content (AvgIpc) is 2.30. The molecule has 0 saturated heterocycles. The zero-order chi connectivity index (χ0) is 11.3. The Balaban J connectivity index is 2.48. The molecule has 0 aromatic heterocycles. The highest BCUT2D eigenvalue weighted by atomic mass is 16.5. The molecule has 0 heterocycles. The van der Waals surface area contributed by atoms with Crippen LogP contribution in [0.2, 0.25) is 0 Å². The normalized spacial score (nSPS) is 34.0. The maximum Gasteiger partial charge on any atom is 0.0572 e. The molecule has 1 fully saturated rings. The van der Waals surface area contributed by atoms with Crippen LogP contribution in [0.15, 0.2) is 0 Å². The van der Waals surface area contributed by atoms with E-state index in [0.29, 0.717) is 12.1 Å². The van der Waals surface area contributed by atoms with Crippen LogP contribution in [0.5, 0.6) is 0 Å². The minimum atomic E-state index is 0.171. The quantitative estimate of drug-likeness (QED) is 0.731. The minimum absolute atomic E-state index is 0.171. The fraction of sp³-hybridized carbons (Fsp3) is 1.00. The topological polar surface area (TPSA) is 47.3 Å². The summed E-state index contributed by atoms with van der Waals surface area (Å²) in [4.78, 5) is 0. The van der Waals surface area contributed by atoms with Gasteiger partial charge in [-0.1, -0.05) is 6.92 Å². The van der Waals surface area contributed by atoms with E-state index in [4.69, 9.17) is 10.5 Å². The minimum Gasteiger partial charge on any atom is -0.381 e. The van der Waals surface area contributed by atoms with Crippen LogP contribution in [0.3, 0.4) is 0 Å². The molecule has 1 rings (SSSR count). The van der Waals surface area contributed by atoms with Crippen molar-refractivity contribution < 1.29 is 4.74 Å². The molecule has 90 valence electrons. The van der Waals surface area contributed by atoms with Crippen LogP contribution in [-0.2, 0) is 4.74 Å². The van der Waals surface area contributed by atoms with Crippen molar-refractivity contribution in [2.75, 3.05) is 13.7 Å². The third-order valence-electron chi connectivity index (χ3n) is 3.78. The molecule has 0 radical (unpaired) electrons. The predicted molar refractivity (Wildman–Crippen MR) is 63.9 cm³/mol. The van der Waals surface area contributed by atoms with Crippen molar-refractivity contribution >= 4 is 0 Å². The molecule has 3 N–H and O–H groups in total. The van der Waals surface area contributed by atoms with Crippen LogP contribution in [0.25, 0.3) is 0 Å². The second-order valence-electron chi connectivity index (χ2n) is 4.87. The summed E-state index contributed by atoms with van der Waals surface area (Å²) in [6.07, 6.45) is 6.17. The second-order valence-corrected chi connectivity index (χ2v) is 4.87. The first-order valence-corrected chi connectivity index (χ1v) is 6.16. The molecule has 0 spiro atoms. The van der Waals surface area contributed by atoms with Crippen LogP contribution in [0, 0.1) is 0 Å². The molecule has 1 unspecified atom stereocenters. The highest BCUT2D eigenvalue weighted by molar-refractivity contribution is 4.95. The summed E-state index contributed by atoms with van der Waals surface area (Å²) in [5, 5.41) is 3.70. The molecule has 15 heavy (non-hydrogen) atoms. The number of hydrogen-bond donors (Lipinski definition) is 2. The van der Waals surface area contributed by atoms with E-state index < -0.39 is 0 Å². The van der Waals surface area contributed by atoms with E-state index in [1.807, 2.05) is 7.11 Å². The summed E-state index contributed by atoms with van der Waals surface area (Å²) in [5.74, 6) is 0. The fourth-order valence-corrected chi connectivity index (χ4v) is 2.41. The number of methoxy groups -OCH3 is 1. The van der Waals surface area contributed by atoms with Crippen LogP contribution in [0.1, 0.15) is 46.0 Å². The van der Waals surface area contributed by atoms with E-state index in [-0.39, 0.29) is 5.54 Å². The Bertz CT molecular complexity index is 176. The number of nitrogens with two attached hydrogens (primary N) is 1. The van der Waals surface area contributed by atoms with Gasteiger partial charge in [-0.15, -0.1) is 0 Å². The Kier molecular flexibility index (Phi) is 5.03. The van der Waals surface area contributed by atoms with E-state index in [0.717, 1.165) is 38.6 Å². The smallest absolute Gasteiger partial charge is 0.0572 e. The molecule has 0 bridgehead atoms. The SMILES string of the molecule is CCC(C)NC1(CN)CCC(OC)CC1. The van der Waals surface area contributed by atoms with E-state index in [9.17, 15) is 0 Å². The summed E-state index contributed by atoms with van der Waals surface area (Å²) < 4.78 is 5.39. The van der Waals surface area contributed by atoms with E-state index >= 15 is 0 Å². The largest absolute Gasteiger partial charge is 0.381 e. The van der Waals surface area contributed by atoms with Crippen LogP contribution in [0.4, 0.5) is 0 Å². The summed E-state index contributed by atoms with van der Waals surface area (Å²) in [6.45, 7) is 5.19. The third kappa shape index (κ3) is 3.44. The fourth-order valence-electron chi connectivity index (χ4n) is 2.41. The molecule has 0 aromatic carbocycles. The zero-order valence-corrected chi connectivity index (χ0v) is 10.4. The summed E-state index contributed by atoms with van der Waals surface area (Å²) in [5.41, 5.74) is 6.10. The Morgan fingerprint density at radius 2 is 2.07 bits per heavy atom. The molecule has 1 saturated carbocycles. The van der Waals surface area contributed by atoms with E-state index in [2.05, 4.69) is 19.2 Å². The lowest BCUT2D eigenvalue weighted by Gasteiger charge is -2.41. The van der Waals surface area contributed by atoms with E-state index in [1.165, 1.54) is 0 Å². The van der Waals surface area contributed by atoms with Gasteiger partial charge in [0.1, 0.15) is 0 Å². The van der Waals surface area contributed by atoms with Crippen molar-refractivity contribution in [1.82, 2.24) is 5.32 Å². The molecular weight excluding hydrogens is 188 g/mol. The Hall–Kier alpha value is -0.120. The first-order valence-electron chi connectivity index (χ1n) is 6.16. The first kappa shape index (κ1) is 12.9. The van der Waals surface area contributed by atoms with Crippen molar-refractivity contribution in [3.63, 3.8) is 0 Å². The number of rotatable bonds is 5. The highest BCUT2D eigenvalue weighted by Crippen LogP contribution is 2.29. The molecule has 1 aliphatic carbocycles. The maximum atomic E-state index is 5.92. The van der Waals surface area contributed by atoms with Gasteiger partial charge < -0.3 is 15.8 Å². The molecule has 3 heteroatoms. The number of ether oxygens (including phenoxy) is 1. The maximum absolute atomic E-state index is 5.92. The van der Waals surface area contributed by atoms with Crippen molar-refractivity contribution in [1.29, 1.82) is 0 Å². The summed E-state index contributed by atoms with van der Waals surface area (Å²) in [7, 11) is 1.81. The molecule has 0 amide bonds. The number of nitrogens with one attached hydrogen (secondary N) is 1. The van der Waals surface area contributed by atoms with Crippen molar-refractivity contribution in [2.24, 2.45) is 5.73 Å². The lowest BCUT2D eigenvalue weighted by atomic mass is 9.79. The number of hydrogen-bond acceptors (Lipinski definition) is 3. The second kappa shape index (κ2) is 5.83. The lowest BCUT2D eigenvalue weighted by Crippen LogP contribution is -2.56. The van der Waals surface area contributed by atoms with Gasteiger partial charge in [0.05, 0.1) is 6.10 Å². The van der Waals surface area contributed by atoms with E-state index in [1.54, 1.807) is 0 Å². The van der Waals surface area contributed by atoms with Crippen molar-refractivity contribution in [3.8, 4) is 0 Å². The van der Waals surface area contributed by atoms with Gasteiger partial charge >= 0.3 is 0 Å². The van der Waals surface area contributed by atoms with Gasteiger partial charge in [0.2, 0.25) is 0 Å². The standard InChI is InChI=1S/C12H26N2O/c1-4-10(2)14-12(9-13)7-5-11(15-3)6-8-12/h10-11,14H,4-9,13H2,1-3H3. The van der Waals surface area contributed by atoms with Gasteiger partial charge in [0, 0.05) is 25.2 Å². The molecular formula is C12H26N2O. The zero-order valence-electron chi connectivity index (χ0n) is 10.4. The van der Waals surface area contributed by atoms with Crippen molar-refractivity contribution in [3.05, 3.63) is 0 Å². The average molecular weight is 214 g/mol. The Labute approximate surface area is 93.8 Å². The lowest BCUT2D eigenvalue weighted by molar-refractivity contribution is 0.0406. The molecule has 0 aromatic rings. The van der Waals surface area contributed by atoms with Gasteiger partial charge in [-0.3, -0.25) is 0 Å². The Morgan fingerprint density at radius 1 is 1.47 bits per heavy atom. The molecule has 1 aliphatic rings. The van der Waals surface area contributed by atoms with Gasteiger partial charge in [0.15, 0.2) is 0 Å². The van der Waals surface area contributed by atoms with Crippen LogP contribution < -0.4 is 11.1 Å². The van der Waals surface area contributed by atoms with Gasteiger partial charge in [-0.05, 0) is 39.0 Å². The highest BCUT2D eigenvalue weighted by Gasteiger charge is 2.34. The predicted octanol–water partition coefficient (Wildman–Crippen LogP) is 1.66. The van der Waals surface area contributed by atoms with Crippen LogP contribution in [-0.4, -0.2) is 31.3 Å². The Morgan fingerprint density at radius 3 is 2.47 bits per heavy atom. The summed E-state index contributed by atoms with van der Waals surface area (Å²) in [6, 6.07) is 0.563. The molecule has 0 aliphatic heterocycles. The summed E-state index contributed by atoms with van der Waals surface area (Å²) >= 11 is 0. The van der Waals surface area contributed by atoms with Gasteiger partial charge in [0.25, 0.3) is 0 Å². The monoisotopic (exact) mass is 214 g/mol. The van der Waals surface area contributed by atoms with Gasteiger partial charge in [-0.25, -0.2) is 0 Å². The molecule has 1 atom stereocenters. The van der Waals surface area contributed by atoms with Crippen molar-refractivity contribution in [2.45, 2.75) is 63.6 Å². The molecule has 3 nitrogen and oxygen atoms in total. The van der Waals surface area contributed by atoms with Gasteiger partial charge in [-0.2, -0.15) is 0 Å².